The number of carboxylic acid groups (broad SMARTS) is 1. The number of hydrogen-bond donors (Lipinski definition) is 1. The number of thioether (sulfide) groups is 1. The fourth-order valence-corrected chi connectivity index (χ4v) is 2.90. The van der Waals surface area contributed by atoms with Crippen molar-refractivity contribution in [2.75, 3.05) is 6.26 Å². The largest absolute Gasteiger partial charge is 0.478 e. The molecule has 13 heavy (non-hydrogen) atoms. The lowest BCUT2D eigenvalue weighted by atomic mass is 10.2. The number of rotatable bonds is 2. The molecule has 1 aromatic carbocycles. The van der Waals surface area contributed by atoms with Gasteiger partial charge in [0.15, 0.2) is 0 Å². The highest BCUT2D eigenvalue weighted by Gasteiger charge is 2.11. The van der Waals surface area contributed by atoms with E-state index in [1.165, 1.54) is 11.8 Å². The highest BCUT2D eigenvalue weighted by Crippen LogP contribution is 2.28. The van der Waals surface area contributed by atoms with Crippen molar-refractivity contribution in [2.45, 2.75) is 4.90 Å². The number of carboxylic acids is 1. The standard InChI is InChI=1S/C8H6ClIO2S/c1-13-7-2-4(8(11)12)5(9)3-6(7)10/h2-3H,1H3,(H,11,12). The van der Waals surface area contributed by atoms with Crippen molar-refractivity contribution in [3.63, 3.8) is 0 Å². The molecule has 0 spiro atoms. The highest BCUT2D eigenvalue weighted by molar-refractivity contribution is 14.1. The Labute approximate surface area is 98.8 Å². The lowest BCUT2D eigenvalue weighted by Crippen LogP contribution is -1.98. The van der Waals surface area contributed by atoms with Crippen LogP contribution in [0.25, 0.3) is 0 Å². The number of hydrogen-bond acceptors (Lipinski definition) is 2. The lowest BCUT2D eigenvalue weighted by molar-refractivity contribution is 0.0697. The summed E-state index contributed by atoms with van der Waals surface area (Å²) in [6, 6.07) is 3.26. The van der Waals surface area contributed by atoms with Crippen LogP contribution < -0.4 is 0 Å². The second-order valence-electron chi connectivity index (χ2n) is 2.27. The van der Waals surface area contributed by atoms with Gasteiger partial charge in [0.25, 0.3) is 0 Å². The van der Waals surface area contributed by atoms with Crippen molar-refractivity contribution in [1.29, 1.82) is 0 Å². The fourth-order valence-electron chi connectivity index (χ4n) is 0.849. The summed E-state index contributed by atoms with van der Waals surface area (Å²) in [5.41, 5.74) is 0.159. The summed E-state index contributed by atoms with van der Waals surface area (Å²) in [4.78, 5) is 11.6. The summed E-state index contributed by atoms with van der Waals surface area (Å²) in [6.07, 6.45) is 1.90. The first-order valence-corrected chi connectivity index (χ1v) is 6.00. The van der Waals surface area contributed by atoms with E-state index in [4.69, 9.17) is 16.7 Å². The molecule has 0 unspecified atom stereocenters. The van der Waals surface area contributed by atoms with E-state index in [2.05, 4.69) is 22.6 Å². The number of halogens is 2. The first kappa shape index (κ1) is 11.1. The van der Waals surface area contributed by atoms with E-state index in [1.54, 1.807) is 12.1 Å². The van der Waals surface area contributed by atoms with E-state index < -0.39 is 5.97 Å². The monoisotopic (exact) mass is 328 g/mol. The van der Waals surface area contributed by atoms with Crippen LogP contribution in [-0.2, 0) is 0 Å². The zero-order valence-electron chi connectivity index (χ0n) is 6.67. The van der Waals surface area contributed by atoms with Crippen LogP contribution in [0.2, 0.25) is 5.02 Å². The first-order valence-electron chi connectivity index (χ1n) is 3.32. The van der Waals surface area contributed by atoms with E-state index in [0.717, 1.165) is 8.47 Å². The van der Waals surface area contributed by atoms with Crippen molar-refractivity contribution >= 4 is 51.9 Å². The Bertz CT molecular complexity index is 354. The van der Waals surface area contributed by atoms with Gasteiger partial charge in [0.05, 0.1) is 10.6 Å². The maximum Gasteiger partial charge on any atom is 0.337 e. The van der Waals surface area contributed by atoms with Crippen LogP contribution in [0.15, 0.2) is 17.0 Å². The second kappa shape index (κ2) is 4.52. The zero-order chi connectivity index (χ0) is 10.0. The van der Waals surface area contributed by atoms with Gasteiger partial charge in [-0.3, -0.25) is 0 Å². The third-order valence-corrected chi connectivity index (χ3v) is 3.82. The molecule has 0 aromatic heterocycles. The zero-order valence-corrected chi connectivity index (χ0v) is 10.4. The van der Waals surface area contributed by atoms with Crippen LogP contribution in [-0.4, -0.2) is 17.3 Å². The number of aromatic carboxylic acids is 1. The molecule has 70 valence electrons. The average molecular weight is 329 g/mol. The van der Waals surface area contributed by atoms with Gasteiger partial charge in [-0.25, -0.2) is 4.79 Å². The molecule has 0 saturated heterocycles. The van der Waals surface area contributed by atoms with Gasteiger partial charge in [-0.2, -0.15) is 0 Å². The first-order chi connectivity index (χ1) is 6.06. The molecule has 0 heterocycles. The summed E-state index contributed by atoms with van der Waals surface area (Å²) < 4.78 is 0.972. The van der Waals surface area contributed by atoms with Gasteiger partial charge in [-0.15, -0.1) is 11.8 Å². The van der Waals surface area contributed by atoms with Crippen molar-refractivity contribution in [3.05, 3.63) is 26.3 Å². The maximum atomic E-state index is 10.7. The van der Waals surface area contributed by atoms with Crippen LogP contribution in [0.5, 0.6) is 0 Å². The third kappa shape index (κ3) is 2.51. The smallest absolute Gasteiger partial charge is 0.337 e. The van der Waals surface area contributed by atoms with Gasteiger partial charge in [0.2, 0.25) is 0 Å². The minimum atomic E-state index is -0.989. The van der Waals surface area contributed by atoms with Crippen LogP contribution >= 0.6 is 46.0 Å². The van der Waals surface area contributed by atoms with Crippen molar-refractivity contribution in [2.24, 2.45) is 0 Å². The predicted molar refractivity (Wildman–Crippen MR) is 62.9 cm³/mol. The molecular weight excluding hydrogens is 323 g/mol. The quantitative estimate of drug-likeness (QED) is 0.668. The molecule has 1 rings (SSSR count). The molecule has 0 fully saturated rings. The van der Waals surface area contributed by atoms with Gasteiger partial charge < -0.3 is 5.11 Å². The van der Waals surface area contributed by atoms with E-state index in [0.29, 0.717) is 0 Å². The van der Waals surface area contributed by atoms with Crippen LogP contribution in [0.1, 0.15) is 10.4 Å². The van der Waals surface area contributed by atoms with E-state index in [9.17, 15) is 4.79 Å². The van der Waals surface area contributed by atoms with Crippen molar-refractivity contribution in [1.82, 2.24) is 0 Å². The molecule has 0 radical (unpaired) electrons. The van der Waals surface area contributed by atoms with Gasteiger partial charge >= 0.3 is 5.97 Å². The van der Waals surface area contributed by atoms with Crippen LogP contribution in [0, 0.1) is 3.57 Å². The molecule has 2 nitrogen and oxygen atoms in total. The summed E-state index contributed by atoms with van der Waals surface area (Å²) in [5.74, 6) is -0.989. The summed E-state index contributed by atoms with van der Waals surface area (Å²) in [5, 5.41) is 9.07. The summed E-state index contributed by atoms with van der Waals surface area (Å²) in [6.45, 7) is 0. The van der Waals surface area contributed by atoms with Crippen molar-refractivity contribution in [3.8, 4) is 0 Å². The summed E-state index contributed by atoms with van der Waals surface area (Å²) >= 11 is 9.39. The lowest BCUT2D eigenvalue weighted by Gasteiger charge is -2.04. The Morgan fingerprint density at radius 2 is 2.23 bits per heavy atom. The van der Waals surface area contributed by atoms with Gasteiger partial charge in [0.1, 0.15) is 0 Å². The topological polar surface area (TPSA) is 37.3 Å². The molecule has 0 aliphatic carbocycles. The second-order valence-corrected chi connectivity index (χ2v) is 4.69. The number of benzene rings is 1. The molecule has 5 heteroatoms. The third-order valence-electron chi connectivity index (χ3n) is 1.47. The van der Waals surface area contributed by atoms with Crippen LogP contribution in [0.4, 0.5) is 0 Å². The minimum absolute atomic E-state index is 0.159. The van der Waals surface area contributed by atoms with E-state index in [-0.39, 0.29) is 10.6 Å². The van der Waals surface area contributed by atoms with Crippen LogP contribution in [0.3, 0.4) is 0 Å². The molecule has 1 N–H and O–H groups in total. The van der Waals surface area contributed by atoms with E-state index >= 15 is 0 Å². The van der Waals surface area contributed by atoms with Gasteiger partial charge in [0, 0.05) is 8.47 Å². The molecule has 0 bridgehead atoms. The molecular formula is C8H6ClIO2S. The molecule has 0 atom stereocenters. The van der Waals surface area contributed by atoms with E-state index in [1.807, 2.05) is 6.26 Å². The normalized spacial score (nSPS) is 10.1. The molecule has 0 amide bonds. The van der Waals surface area contributed by atoms with Gasteiger partial charge in [-0.05, 0) is 41.0 Å². The average Bonchev–Trinajstić information content (AvgIpc) is 2.03. The number of carbonyl (C=O) groups is 1. The Balaban J connectivity index is 3.30. The Morgan fingerprint density at radius 1 is 1.62 bits per heavy atom. The SMILES string of the molecule is CSc1cc(C(=O)O)c(Cl)cc1I. The molecule has 0 aliphatic rings. The Morgan fingerprint density at radius 3 is 2.69 bits per heavy atom. The minimum Gasteiger partial charge on any atom is -0.478 e. The summed E-state index contributed by atoms with van der Waals surface area (Å²) in [7, 11) is 0. The molecule has 0 aliphatic heterocycles. The predicted octanol–water partition coefficient (Wildman–Crippen LogP) is 3.36. The Hall–Kier alpha value is 0.0600. The molecule has 1 aromatic rings. The fraction of sp³-hybridized carbons (Fsp3) is 0.125. The highest BCUT2D eigenvalue weighted by atomic mass is 127. The van der Waals surface area contributed by atoms with Gasteiger partial charge in [-0.1, -0.05) is 11.6 Å². The maximum absolute atomic E-state index is 10.7. The van der Waals surface area contributed by atoms with Crippen molar-refractivity contribution < 1.29 is 9.90 Å². The Kier molecular flexibility index (Phi) is 3.87. The molecule has 0 saturated carbocycles.